The molecule has 0 aliphatic carbocycles. The van der Waals surface area contributed by atoms with Crippen molar-refractivity contribution in [2.45, 2.75) is 0 Å². The maximum atomic E-state index is 3.65. The Morgan fingerprint density at radius 1 is 0.190 bits per heavy atom. The highest BCUT2D eigenvalue weighted by Crippen LogP contribution is 2.56. The van der Waals surface area contributed by atoms with E-state index in [-0.39, 0.29) is 0 Å². The van der Waals surface area contributed by atoms with Gasteiger partial charge in [-0.2, -0.15) is 0 Å². The Kier molecular flexibility index (Phi) is 18.3. The van der Waals surface area contributed by atoms with Gasteiger partial charge in [0.1, 0.15) is 0 Å². The number of hydrogen-bond acceptors (Lipinski definition) is 4. The zero-order valence-electron chi connectivity index (χ0n) is 65.9. The molecular formula is C112H77BrN8. The van der Waals surface area contributed by atoms with Crippen LogP contribution in [0.4, 0.5) is 68.2 Å². The number of aromatic amines is 1. The summed E-state index contributed by atoms with van der Waals surface area (Å²) in [4.78, 5) is 13.1. The molecule has 0 unspecified atom stereocenters. The number of fused-ring (bicyclic) bond motifs is 14. The van der Waals surface area contributed by atoms with Crippen molar-refractivity contribution in [1.29, 1.82) is 0 Å². The van der Waals surface area contributed by atoms with E-state index in [1.807, 2.05) is 0 Å². The van der Waals surface area contributed by atoms with Gasteiger partial charge in [0, 0.05) is 94.5 Å². The van der Waals surface area contributed by atoms with Crippen molar-refractivity contribution in [2.75, 3.05) is 19.6 Å². The van der Waals surface area contributed by atoms with E-state index in [4.69, 9.17) is 0 Å². The molecule has 22 aromatic rings. The van der Waals surface area contributed by atoms with Crippen LogP contribution in [0.3, 0.4) is 0 Å². The molecule has 0 saturated carbocycles. The average molecular weight is 1610 g/mol. The summed E-state index contributed by atoms with van der Waals surface area (Å²) in [5.74, 6) is 0. The number of anilines is 12. The highest BCUT2D eigenvalue weighted by atomic mass is 79.9. The van der Waals surface area contributed by atoms with Crippen LogP contribution in [0.2, 0.25) is 0 Å². The Bertz CT molecular complexity index is 7380. The zero-order chi connectivity index (χ0) is 80.3. The number of rotatable bonds is 11. The minimum absolute atomic E-state index is 1.08. The lowest BCUT2D eigenvalue weighted by Gasteiger charge is -2.40. The molecule has 0 radical (unpaired) electrons. The van der Waals surface area contributed by atoms with E-state index >= 15 is 0 Å². The molecule has 0 saturated heterocycles. The van der Waals surface area contributed by atoms with Gasteiger partial charge < -0.3 is 38.3 Å². The van der Waals surface area contributed by atoms with Gasteiger partial charge in [0.15, 0.2) is 0 Å². The molecule has 8 nitrogen and oxygen atoms in total. The SMILES string of the molecule is Brc1ccc(N2c3ccccc3N(c3ccccc3)c3ccccc32)cc1.c1ccc(-c2cc(-c3ccccc3)cc(-n3ccc4c3ccc3c5ccccc5n(-c5ccc(N6c7ccccc7N(c7ccccc7)c7ccccc76)cc5)c34)c2)cc1.c1ccc(-c2cc(-c3ccccc3)cc(-n3ccc4c5[nH]c6ccccc6c5ccc43)c2)cc1. The van der Waals surface area contributed by atoms with Crippen molar-refractivity contribution in [2.24, 2.45) is 0 Å². The maximum absolute atomic E-state index is 3.65. The van der Waals surface area contributed by atoms with Crippen molar-refractivity contribution < 1.29 is 0 Å². The molecule has 2 aliphatic heterocycles. The lowest BCUT2D eigenvalue weighted by atomic mass is 9.98. The third kappa shape index (κ3) is 13.0. The highest BCUT2D eigenvalue weighted by molar-refractivity contribution is 9.10. The number of para-hydroxylation sites is 12. The van der Waals surface area contributed by atoms with Gasteiger partial charge >= 0.3 is 0 Å². The van der Waals surface area contributed by atoms with Gasteiger partial charge in [0.2, 0.25) is 0 Å². The third-order valence-electron chi connectivity index (χ3n) is 23.6. The number of nitrogens with zero attached hydrogens (tertiary/aromatic N) is 7. The fourth-order valence-corrected chi connectivity index (χ4v) is 18.4. The van der Waals surface area contributed by atoms with E-state index in [1.54, 1.807) is 0 Å². The van der Waals surface area contributed by atoms with Gasteiger partial charge in [0.25, 0.3) is 0 Å². The predicted molar refractivity (Wildman–Crippen MR) is 512 cm³/mol. The Labute approximate surface area is 710 Å². The molecule has 0 fully saturated rings. The Morgan fingerprint density at radius 2 is 0.504 bits per heavy atom. The second-order valence-corrected chi connectivity index (χ2v) is 31.6. The molecule has 121 heavy (non-hydrogen) atoms. The van der Waals surface area contributed by atoms with Crippen LogP contribution in [0.1, 0.15) is 0 Å². The smallest absolute Gasteiger partial charge is 0.0703 e. The maximum Gasteiger partial charge on any atom is 0.0703 e. The highest BCUT2D eigenvalue weighted by Gasteiger charge is 2.33. The summed E-state index contributed by atoms with van der Waals surface area (Å²) in [6, 6.07) is 161. The second kappa shape index (κ2) is 30.7. The van der Waals surface area contributed by atoms with E-state index in [0.29, 0.717) is 0 Å². The van der Waals surface area contributed by atoms with Gasteiger partial charge in [0.05, 0.1) is 73.1 Å². The third-order valence-corrected chi connectivity index (χ3v) is 24.1. The molecule has 2 aliphatic rings. The summed E-state index contributed by atoms with van der Waals surface area (Å²) in [6.45, 7) is 0. The van der Waals surface area contributed by atoms with Crippen LogP contribution in [-0.4, -0.2) is 18.7 Å². The lowest BCUT2D eigenvalue weighted by Crippen LogP contribution is -2.23. The van der Waals surface area contributed by atoms with Crippen LogP contribution in [0, 0.1) is 0 Å². The summed E-state index contributed by atoms with van der Waals surface area (Å²) < 4.78 is 8.18. The number of aromatic nitrogens is 4. The molecule has 0 amide bonds. The molecule has 18 aromatic carbocycles. The number of halogens is 1. The number of hydrogen-bond donors (Lipinski definition) is 1. The van der Waals surface area contributed by atoms with Crippen LogP contribution in [0.15, 0.2) is 466 Å². The lowest BCUT2D eigenvalue weighted by molar-refractivity contribution is 1.13. The molecular weight excluding hydrogens is 1540 g/mol. The van der Waals surface area contributed by atoms with Gasteiger partial charge in [-0.15, -0.1) is 0 Å². The van der Waals surface area contributed by atoms with Crippen LogP contribution < -0.4 is 19.6 Å². The van der Waals surface area contributed by atoms with Gasteiger partial charge in [-0.25, -0.2) is 0 Å². The van der Waals surface area contributed by atoms with E-state index in [1.165, 1.54) is 127 Å². The van der Waals surface area contributed by atoms with E-state index in [2.05, 4.69) is 516 Å². The Balaban J connectivity index is 0.000000121. The van der Waals surface area contributed by atoms with E-state index in [9.17, 15) is 0 Å². The molecule has 0 spiro atoms. The van der Waals surface area contributed by atoms with E-state index in [0.717, 1.165) is 72.6 Å². The van der Waals surface area contributed by atoms with Crippen LogP contribution in [0.5, 0.6) is 0 Å². The van der Waals surface area contributed by atoms with Crippen molar-refractivity contribution in [3.63, 3.8) is 0 Å². The quantitative estimate of drug-likeness (QED) is 0.140. The van der Waals surface area contributed by atoms with Crippen molar-refractivity contribution >= 4 is 150 Å². The van der Waals surface area contributed by atoms with Crippen molar-refractivity contribution in [3.8, 4) is 61.6 Å². The predicted octanol–water partition coefficient (Wildman–Crippen LogP) is 31.6. The van der Waals surface area contributed by atoms with Crippen molar-refractivity contribution in [1.82, 2.24) is 18.7 Å². The summed E-state index contributed by atoms with van der Waals surface area (Å²) >= 11 is 3.55. The van der Waals surface area contributed by atoms with Crippen LogP contribution in [-0.2, 0) is 0 Å². The largest absolute Gasteiger partial charge is 0.354 e. The summed E-state index contributed by atoms with van der Waals surface area (Å²) in [7, 11) is 0. The Hall–Kier alpha value is -15.7. The zero-order valence-corrected chi connectivity index (χ0v) is 67.5. The first-order valence-corrected chi connectivity index (χ1v) is 41.8. The molecule has 572 valence electrons. The van der Waals surface area contributed by atoms with E-state index < -0.39 is 0 Å². The summed E-state index contributed by atoms with van der Waals surface area (Å²) in [5, 5.41) is 7.46. The fraction of sp³-hybridized carbons (Fsp3) is 0. The molecule has 0 bridgehead atoms. The minimum Gasteiger partial charge on any atom is -0.354 e. The first kappa shape index (κ1) is 71.8. The Morgan fingerprint density at radius 3 is 0.917 bits per heavy atom. The van der Waals surface area contributed by atoms with Crippen LogP contribution in [0.25, 0.3) is 127 Å². The monoisotopic (exact) mass is 1610 g/mol. The molecule has 4 aromatic heterocycles. The normalized spacial score (nSPS) is 12.1. The van der Waals surface area contributed by atoms with Crippen LogP contribution >= 0.6 is 15.9 Å². The average Bonchev–Trinajstić information content (AvgIpc) is 1.60. The molecule has 24 rings (SSSR count). The molecule has 1 N–H and O–H groups in total. The van der Waals surface area contributed by atoms with Gasteiger partial charge in [-0.05, 0) is 239 Å². The second-order valence-electron chi connectivity index (χ2n) is 30.7. The first-order valence-electron chi connectivity index (χ1n) is 41.1. The first-order chi connectivity index (χ1) is 60.0. The van der Waals surface area contributed by atoms with Crippen molar-refractivity contribution in [3.05, 3.63) is 466 Å². The van der Waals surface area contributed by atoms with Gasteiger partial charge in [-0.1, -0.05) is 271 Å². The number of H-pyrrole nitrogens is 1. The number of benzene rings is 18. The fourth-order valence-electron chi connectivity index (χ4n) is 18.1. The van der Waals surface area contributed by atoms with Gasteiger partial charge in [-0.3, -0.25) is 0 Å². The molecule has 0 atom stereocenters. The number of nitrogens with one attached hydrogen (secondary N) is 1. The standard InChI is InChI=1S/C56H38N4.C32H22N2.C24H17BrN2/c1-4-16-39(17-5-1)41-36-42(40-18-6-2-7-19-40)38-46(37-41)57-35-34-49-50(57)33-32-48-47-22-10-11-23-51(47)60(56(48)49)45-30-28-44(29-31-45)59-54-26-14-12-24-52(54)58(43-20-8-3-9-21-43)53-25-13-15-27-55(53)59;1-3-9-22(10-4-1)24-19-25(23-11-5-2-6-12-23)21-26(20-24)34-18-17-29-31(34)16-15-28-27-13-7-8-14-30(27)33-32(28)29;25-18-14-16-20(17-15-18)27-23-12-6-4-10-21(23)26(19-8-2-1-3-9-19)22-11-5-7-13-24(22)27/h1-38H;1-21,33H;1-17H. The molecule has 9 heteroatoms. The summed E-state index contributed by atoms with van der Waals surface area (Å²) in [5.41, 5.74) is 34.0. The summed E-state index contributed by atoms with van der Waals surface area (Å²) in [6.07, 6.45) is 4.42. The topological polar surface area (TPSA) is 43.5 Å². The molecule has 6 heterocycles. The minimum atomic E-state index is 1.08.